The SMILES string of the molecule is Cc1ccc(N2CCC(CCO)CC2)nn1. The fourth-order valence-corrected chi connectivity index (χ4v) is 2.19. The quantitative estimate of drug-likeness (QED) is 0.838. The maximum absolute atomic E-state index is 8.90. The Bertz CT molecular complexity index is 318. The molecule has 0 aromatic carbocycles. The summed E-state index contributed by atoms with van der Waals surface area (Å²) in [5, 5.41) is 17.2. The maximum atomic E-state index is 8.90. The molecule has 0 saturated carbocycles. The first kappa shape index (κ1) is 11.3. The second kappa shape index (κ2) is 5.25. The predicted octanol–water partition coefficient (Wildman–Crippen LogP) is 1.38. The summed E-state index contributed by atoms with van der Waals surface area (Å²) in [4.78, 5) is 2.28. The monoisotopic (exact) mass is 221 g/mol. The van der Waals surface area contributed by atoms with E-state index in [1.54, 1.807) is 0 Å². The van der Waals surface area contributed by atoms with Crippen LogP contribution in [0.5, 0.6) is 0 Å². The molecule has 1 N–H and O–H groups in total. The molecule has 2 rings (SSSR count). The van der Waals surface area contributed by atoms with Crippen molar-refractivity contribution in [3.63, 3.8) is 0 Å². The molecule has 0 unspecified atom stereocenters. The Balaban J connectivity index is 1.91. The zero-order valence-electron chi connectivity index (χ0n) is 9.76. The molecule has 1 aromatic heterocycles. The van der Waals surface area contributed by atoms with Crippen molar-refractivity contribution in [2.24, 2.45) is 5.92 Å². The number of rotatable bonds is 3. The largest absolute Gasteiger partial charge is 0.396 e. The minimum atomic E-state index is 0.314. The van der Waals surface area contributed by atoms with E-state index in [2.05, 4.69) is 15.1 Å². The van der Waals surface area contributed by atoms with Crippen LogP contribution in [-0.4, -0.2) is 35.0 Å². The molecule has 0 atom stereocenters. The second-order valence-electron chi connectivity index (χ2n) is 4.48. The lowest BCUT2D eigenvalue weighted by Crippen LogP contribution is -2.34. The van der Waals surface area contributed by atoms with Crippen LogP contribution in [0.4, 0.5) is 5.82 Å². The fraction of sp³-hybridized carbons (Fsp3) is 0.667. The van der Waals surface area contributed by atoms with Crippen LogP contribution in [0, 0.1) is 12.8 Å². The topological polar surface area (TPSA) is 49.2 Å². The van der Waals surface area contributed by atoms with E-state index in [0.29, 0.717) is 12.5 Å². The molecule has 2 heterocycles. The predicted molar refractivity (Wildman–Crippen MR) is 63.4 cm³/mol. The van der Waals surface area contributed by atoms with Gasteiger partial charge in [-0.2, -0.15) is 5.10 Å². The van der Waals surface area contributed by atoms with Crippen LogP contribution in [0.2, 0.25) is 0 Å². The summed E-state index contributed by atoms with van der Waals surface area (Å²) >= 11 is 0. The molecule has 16 heavy (non-hydrogen) atoms. The van der Waals surface area contributed by atoms with Crippen LogP contribution < -0.4 is 4.90 Å². The van der Waals surface area contributed by atoms with E-state index in [-0.39, 0.29) is 0 Å². The van der Waals surface area contributed by atoms with Gasteiger partial charge in [0.1, 0.15) is 0 Å². The number of aromatic nitrogens is 2. The highest BCUT2D eigenvalue weighted by atomic mass is 16.3. The highest BCUT2D eigenvalue weighted by molar-refractivity contribution is 5.37. The smallest absolute Gasteiger partial charge is 0.151 e. The van der Waals surface area contributed by atoms with Gasteiger partial charge in [0, 0.05) is 19.7 Å². The van der Waals surface area contributed by atoms with Crippen molar-refractivity contribution >= 4 is 5.82 Å². The number of hydrogen-bond donors (Lipinski definition) is 1. The average Bonchev–Trinajstić information content (AvgIpc) is 2.32. The summed E-state index contributed by atoms with van der Waals surface area (Å²) in [5.74, 6) is 1.66. The molecule has 0 aliphatic carbocycles. The summed E-state index contributed by atoms with van der Waals surface area (Å²) in [6.07, 6.45) is 3.24. The van der Waals surface area contributed by atoms with Gasteiger partial charge in [-0.1, -0.05) is 0 Å². The van der Waals surface area contributed by atoms with Crippen LogP contribution in [0.3, 0.4) is 0 Å². The third kappa shape index (κ3) is 2.70. The Hall–Kier alpha value is -1.16. The van der Waals surface area contributed by atoms with Crippen molar-refractivity contribution in [3.05, 3.63) is 17.8 Å². The van der Waals surface area contributed by atoms with Crippen LogP contribution in [0.25, 0.3) is 0 Å². The van der Waals surface area contributed by atoms with E-state index in [1.807, 2.05) is 19.1 Å². The molecule has 4 heteroatoms. The van der Waals surface area contributed by atoms with Gasteiger partial charge in [0.15, 0.2) is 5.82 Å². The van der Waals surface area contributed by atoms with Crippen LogP contribution >= 0.6 is 0 Å². The number of aliphatic hydroxyl groups excluding tert-OH is 1. The minimum absolute atomic E-state index is 0.314. The first-order chi connectivity index (χ1) is 7.79. The van der Waals surface area contributed by atoms with E-state index >= 15 is 0 Å². The van der Waals surface area contributed by atoms with E-state index in [4.69, 9.17) is 5.11 Å². The summed E-state index contributed by atoms with van der Waals surface area (Å²) < 4.78 is 0. The van der Waals surface area contributed by atoms with Gasteiger partial charge in [-0.25, -0.2) is 0 Å². The Morgan fingerprint density at radius 1 is 1.31 bits per heavy atom. The van der Waals surface area contributed by atoms with E-state index in [1.165, 1.54) is 0 Å². The van der Waals surface area contributed by atoms with Crippen LogP contribution in [-0.2, 0) is 0 Å². The van der Waals surface area contributed by atoms with Gasteiger partial charge in [0.2, 0.25) is 0 Å². The molecule has 4 nitrogen and oxygen atoms in total. The van der Waals surface area contributed by atoms with Gasteiger partial charge in [-0.15, -0.1) is 5.10 Å². The van der Waals surface area contributed by atoms with Gasteiger partial charge in [-0.05, 0) is 44.2 Å². The van der Waals surface area contributed by atoms with Gasteiger partial charge in [0.25, 0.3) is 0 Å². The Kier molecular flexibility index (Phi) is 3.72. The standard InChI is InChI=1S/C12H19N3O/c1-10-2-3-12(14-13-10)15-7-4-11(5-8-15)6-9-16/h2-3,11,16H,4-9H2,1H3. The van der Waals surface area contributed by atoms with Crippen molar-refractivity contribution in [3.8, 4) is 0 Å². The fourth-order valence-electron chi connectivity index (χ4n) is 2.19. The highest BCUT2D eigenvalue weighted by Crippen LogP contribution is 2.23. The first-order valence-corrected chi connectivity index (χ1v) is 5.95. The second-order valence-corrected chi connectivity index (χ2v) is 4.48. The molecule has 0 bridgehead atoms. The number of hydrogen-bond acceptors (Lipinski definition) is 4. The molecule has 88 valence electrons. The lowest BCUT2D eigenvalue weighted by molar-refractivity contribution is 0.240. The normalized spacial score (nSPS) is 17.8. The summed E-state index contributed by atoms with van der Waals surface area (Å²) in [6, 6.07) is 4.04. The van der Waals surface area contributed by atoms with Crippen molar-refractivity contribution in [2.45, 2.75) is 26.2 Å². The number of piperidine rings is 1. The first-order valence-electron chi connectivity index (χ1n) is 5.95. The van der Waals surface area contributed by atoms with Crippen molar-refractivity contribution in [2.75, 3.05) is 24.6 Å². The molecule has 1 aliphatic heterocycles. The molecular formula is C12H19N3O. The number of anilines is 1. The number of aryl methyl sites for hydroxylation is 1. The van der Waals surface area contributed by atoms with E-state index in [9.17, 15) is 0 Å². The molecular weight excluding hydrogens is 202 g/mol. The van der Waals surface area contributed by atoms with E-state index in [0.717, 1.165) is 43.9 Å². The Labute approximate surface area is 96.3 Å². The number of nitrogens with zero attached hydrogens (tertiary/aromatic N) is 3. The minimum Gasteiger partial charge on any atom is -0.396 e. The van der Waals surface area contributed by atoms with Crippen molar-refractivity contribution < 1.29 is 5.11 Å². The summed E-state index contributed by atoms with van der Waals surface area (Å²) in [7, 11) is 0. The Morgan fingerprint density at radius 3 is 2.62 bits per heavy atom. The Morgan fingerprint density at radius 2 is 2.06 bits per heavy atom. The maximum Gasteiger partial charge on any atom is 0.151 e. The van der Waals surface area contributed by atoms with Gasteiger partial charge >= 0.3 is 0 Å². The van der Waals surface area contributed by atoms with Gasteiger partial charge < -0.3 is 10.0 Å². The van der Waals surface area contributed by atoms with E-state index < -0.39 is 0 Å². The van der Waals surface area contributed by atoms with Gasteiger partial charge in [0.05, 0.1) is 5.69 Å². The molecule has 0 radical (unpaired) electrons. The molecule has 1 saturated heterocycles. The van der Waals surface area contributed by atoms with Crippen molar-refractivity contribution in [1.29, 1.82) is 0 Å². The summed E-state index contributed by atoms with van der Waals surface area (Å²) in [5.41, 5.74) is 0.957. The zero-order chi connectivity index (χ0) is 11.4. The van der Waals surface area contributed by atoms with Crippen LogP contribution in [0.1, 0.15) is 25.0 Å². The molecule has 1 aliphatic rings. The average molecular weight is 221 g/mol. The lowest BCUT2D eigenvalue weighted by atomic mass is 9.94. The lowest BCUT2D eigenvalue weighted by Gasteiger charge is -2.32. The van der Waals surface area contributed by atoms with Gasteiger partial charge in [-0.3, -0.25) is 0 Å². The molecule has 1 fully saturated rings. The van der Waals surface area contributed by atoms with Crippen LogP contribution in [0.15, 0.2) is 12.1 Å². The zero-order valence-corrected chi connectivity index (χ0v) is 9.76. The molecule has 0 amide bonds. The molecule has 0 spiro atoms. The third-order valence-electron chi connectivity index (χ3n) is 3.26. The number of aliphatic hydroxyl groups is 1. The highest BCUT2D eigenvalue weighted by Gasteiger charge is 2.19. The molecule has 1 aromatic rings. The summed E-state index contributed by atoms with van der Waals surface area (Å²) in [6.45, 7) is 4.32. The van der Waals surface area contributed by atoms with Crippen molar-refractivity contribution in [1.82, 2.24) is 10.2 Å². The third-order valence-corrected chi connectivity index (χ3v) is 3.26.